The third-order valence-corrected chi connectivity index (χ3v) is 5.91. The van der Waals surface area contributed by atoms with Gasteiger partial charge in [-0.3, -0.25) is 4.98 Å². The van der Waals surface area contributed by atoms with Gasteiger partial charge in [-0.05, 0) is 52.7 Å². The van der Waals surface area contributed by atoms with E-state index in [2.05, 4.69) is 57.0 Å². The van der Waals surface area contributed by atoms with Gasteiger partial charge in [0.2, 0.25) is 5.95 Å². The number of ether oxygens (including phenoxy) is 1. The Labute approximate surface area is 183 Å². The lowest BCUT2D eigenvalue weighted by atomic mass is 9.85. The predicted molar refractivity (Wildman–Crippen MR) is 117 cm³/mol. The normalized spacial score (nSPS) is 19.0. The summed E-state index contributed by atoms with van der Waals surface area (Å²) in [4.78, 5) is 4.34. The smallest absolute Gasteiger partial charge is 0.248 e. The topological polar surface area (TPSA) is 77.8 Å². The van der Waals surface area contributed by atoms with E-state index >= 15 is 0 Å². The summed E-state index contributed by atoms with van der Waals surface area (Å²) in [5, 5.41) is 16.4. The van der Waals surface area contributed by atoms with Crippen molar-refractivity contribution in [1.82, 2.24) is 25.2 Å². The molecular weight excluding hydrogens is 412 g/mol. The number of nitrogens with zero attached hydrogens (tertiary/aromatic N) is 5. The molecule has 2 aromatic carbocycles. The second-order valence-electron chi connectivity index (χ2n) is 7.64. The van der Waals surface area contributed by atoms with E-state index in [4.69, 9.17) is 16.3 Å². The largest absolute Gasteiger partial charge is 0.480 e. The third-order valence-electron chi connectivity index (χ3n) is 5.68. The number of tetrazole rings is 1. The molecule has 0 spiro atoms. The number of benzene rings is 2. The van der Waals surface area contributed by atoms with Gasteiger partial charge in [0, 0.05) is 28.6 Å². The van der Waals surface area contributed by atoms with Gasteiger partial charge in [-0.25, -0.2) is 0 Å². The van der Waals surface area contributed by atoms with Crippen molar-refractivity contribution < 1.29 is 4.74 Å². The van der Waals surface area contributed by atoms with E-state index < -0.39 is 0 Å². The van der Waals surface area contributed by atoms with Crippen molar-refractivity contribution in [2.24, 2.45) is 0 Å². The summed E-state index contributed by atoms with van der Waals surface area (Å²) < 4.78 is 8.34. The third kappa shape index (κ3) is 2.89. The molecule has 2 atom stereocenters. The second-order valence-corrected chi connectivity index (χ2v) is 8.08. The Bertz CT molecular complexity index is 1320. The van der Waals surface area contributed by atoms with E-state index in [0.29, 0.717) is 11.0 Å². The SMILES string of the molecule is Cc1ccc([C@H]2Oc3ccc(Cl)cc3C3=C2[C@@H](c2cccnc2)n2nnnc2N3)cc1. The molecule has 31 heavy (non-hydrogen) atoms. The Hall–Kier alpha value is -3.71. The van der Waals surface area contributed by atoms with Gasteiger partial charge in [0.1, 0.15) is 17.9 Å². The average molecular weight is 429 g/mol. The van der Waals surface area contributed by atoms with Crippen LogP contribution in [-0.4, -0.2) is 25.2 Å². The first-order valence-electron chi connectivity index (χ1n) is 9.91. The van der Waals surface area contributed by atoms with E-state index in [-0.39, 0.29) is 12.1 Å². The summed E-state index contributed by atoms with van der Waals surface area (Å²) in [7, 11) is 0. The Morgan fingerprint density at radius 1 is 1.06 bits per heavy atom. The molecule has 0 saturated heterocycles. The highest BCUT2D eigenvalue weighted by atomic mass is 35.5. The Morgan fingerprint density at radius 3 is 2.74 bits per heavy atom. The van der Waals surface area contributed by atoms with Crippen LogP contribution in [0.3, 0.4) is 0 Å². The van der Waals surface area contributed by atoms with Gasteiger partial charge in [-0.2, -0.15) is 4.68 Å². The van der Waals surface area contributed by atoms with Crippen molar-refractivity contribution in [3.05, 3.63) is 99.8 Å². The number of aryl methyl sites for hydroxylation is 1. The molecule has 6 rings (SSSR count). The molecule has 0 amide bonds. The van der Waals surface area contributed by atoms with E-state index in [1.54, 1.807) is 10.9 Å². The van der Waals surface area contributed by atoms with Crippen LogP contribution in [0.4, 0.5) is 5.95 Å². The van der Waals surface area contributed by atoms with E-state index in [1.165, 1.54) is 5.56 Å². The molecule has 0 radical (unpaired) electrons. The lowest BCUT2D eigenvalue weighted by Crippen LogP contribution is -2.32. The Balaban J connectivity index is 1.64. The van der Waals surface area contributed by atoms with Gasteiger partial charge in [-0.1, -0.05) is 52.6 Å². The maximum absolute atomic E-state index is 6.57. The lowest BCUT2D eigenvalue weighted by Gasteiger charge is -2.38. The number of anilines is 1. The van der Waals surface area contributed by atoms with Crippen molar-refractivity contribution in [2.75, 3.05) is 5.32 Å². The quantitative estimate of drug-likeness (QED) is 0.503. The number of halogens is 1. The summed E-state index contributed by atoms with van der Waals surface area (Å²) in [5.41, 5.74) is 6.00. The molecule has 2 aromatic heterocycles. The molecule has 0 aliphatic carbocycles. The zero-order valence-electron chi connectivity index (χ0n) is 16.5. The summed E-state index contributed by atoms with van der Waals surface area (Å²) in [6, 6.07) is 17.7. The summed E-state index contributed by atoms with van der Waals surface area (Å²) in [6.07, 6.45) is 3.26. The number of aromatic nitrogens is 5. The highest BCUT2D eigenvalue weighted by Gasteiger charge is 2.41. The fourth-order valence-electron chi connectivity index (χ4n) is 4.24. The minimum Gasteiger partial charge on any atom is -0.480 e. The number of hydrogen-bond donors (Lipinski definition) is 1. The lowest BCUT2D eigenvalue weighted by molar-refractivity contribution is 0.222. The fourth-order valence-corrected chi connectivity index (χ4v) is 4.41. The van der Waals surface area contributed by atoms with E-state index in [1.807, 2.05) is 36.5 Å². The molecule has 7 nitrogen and oxygen atoms in total. The van der Waals surface area contributed by atoms with Gasteiger partial charge < -0.3 is 10.1 Å². The Kier molecular flexibility index (Phi) is 4.04. The van der Waals surface area contributed by atoms with Crippen LogP contribution in [0.25, 0.3) is 5.70 Å². The first kappa shape index (κ1) is 18.1. The molecule has 152 valence electrons. The van der Waals surface area contributed by atoms with Gasteiger partial charge in [0.25, 0.3) is 0 Å². The number of fused-ring (bicyclic) bond motifs is 3. The average Bonchev–Trinajstić information content (AvgIpc) is 3.27. The number of hydrogen-bond acceptors (Lipinski definition) is 6. The van der Waals surface area contributed by atoms with E-state index in [0.717, 1.165) is 33.7 Å². The number of pyridine rings is 1. The molecule has 2 aliphatic heterocycles. The van der Waals surface area contributed by atoms with Crippen LogP contribution >= 0.6 is 11.6 Å². The molecule has 0 bridgehead atoms. The molecular formula is C23H17ClN6O. The van der Waals surface area contributed by atoms with Crippen LogP contribution in [0.1, 0.15) is 34.4 Å². The standard InChI is InChI=1S/C23H17ClN6O/c1-13-4-6-14(7-5-13)22-19-20(17-11-16(24)8-9-18(17)31-22)26-23-27-28-29-30(23)21(19)15-3-2-10-25-12-15/h2-12,21-22H,1H3,(H,26,27,29)/t21-,22-/m1/s1. The number of nitrogens with one attached hydrogen (secondary N) is 1. The summed E-state index contributed by atoms with van der Waals surface area (Å²) >= 11 is 6.35. The van der Waals surface area contributed by atoms with Crippen molar-refractivity contribution in [3.63, 3.8) is 0 Å². The van der Waals surface area contributed by atoms with Gasteiger partial charge in [0.05, 0.1) is 5.70 Å². The molecule has 0 fully saturated rings. The highest BCUT2D eigenvalue weighted by molar-refractivity contribution is 6.30. The van der Waals surface area contributed by atoms with Crippen LogP contribution in [0.5, 0.6) is 5.75 Å². The minimum atomic E-state index is -0.334. The predicted octanol–water partition coefficient (Wildman–Crippen LogP) is 4.59. The van der Waals surface area contributed by atoms with Crippen molar-refractivity contribution in [1.29, 1.82) is 0 Å². The molecule has 0 unspecified atom stereocenters. The van der Waals surface area contributed by atoms with Gasteiger partial charge >= 0.3 is 0 Å². The molecule has 8 heteroatoms. The van der Waals surface area contributed by atoms with Gasteiger partial charge in [-0.15, -0.1) is 0 Å². The molecule has 4 aromatic rings. The molecule has 1 N–H and O–H groups in total. The minimum absolute atomic E-state index is 0.284. The maximum Gasteiger partial charge on any atom is 0.248 e. The fraction of sp³-hybridized carbons (Fsp3) is 0.130. The zero-order valence-corrected chi connectivity index (χ0v) is 17.3. The van der Waals surface area contributed by atoms with Crippen LogP contribution in [0, 0.1) is 6.92 Å². The van der Waals surface area contributed by atoms with Crippen molar-refractivity contribution in [3.8, 4) is 5.75 Å². The molecule has 4 heterocycles. The van der Waals surface area contributed by atoms with E-state index in [9.17, 15) is 0 Å². The number of rotatable bonds is 2. The molecule has 0 saturated carbocycles. The van der Waals surface area contributed by atoms with Gasteiger partial charge in [0.15, 0.2) is 0 Å². The van der Waals surface area contributed by atoms with Crippen LogP contribution < -0.4 is 10.1 Å². The van der Waals surface area contributed by atoms with Crippen LogP contribution in [0.15, 0.2) is 72.6 Å². The zero-order chi connectivity index (χ0) is 20.9. The van der Waals surface area contributed by atoms with Crippen LogP contribution in [0.2, 0.25) is 5.02 Å². The first-order chi connectivity index (χ1) is 15.2. The van der Waals surface area contributed by atoms with Crippen molar-refractivity contribution >= 4 is 23.2 Å². The maximum atomic E-state index is 6.57. The Morgan fingerprint density at radius 2 is 1.94 bits per heavy atom. The first-order valence-corrected chi connectivity index (χ1v) is 10.3. The highest BCUT2D eigenvalue weighted by Crippen LogP contribution is 2.50. The van der Waals surface area contributed by atoms with Crippen molar-refractivity contribution in [2.45, 2.75) is 19.1 Å². The molecule has 2 aliphatic rings. The second kappa shape index (κ2) is 6.92. The summed E-state index contributed by atoms with van der Waals surface area (Å²) in [6.45, 7) is 2.07. The van der Waals surface area contributed by atoms with Crippen LogP contribution in [-0.2, 0) is 0 Å². The monoisotopic (exact) mass is 428 g/mol. The summed E-state index contributed by atoms with van der Waals surface area (Å²) in [5.74, 6) is 1.31.